The summed E-state index contributed by atoms with van der Waals surface area (Å²) in [5.41, 5.74) is -0.282. The van der Waals surface area contributed by atoms with Gasteiger partial charge >= 0.3 is 0 Å². The van der Waals surface area contributed by atoms with Crippen molar-refractivity contribution in [3.8, 4) is 0 Å². The summed E-state index contributed by atoms with van der Waals surface area (Å²) in [7, 11) is 3.64. The van der Waals surface area contributed by atoms with Gasteiger partial charge in [-0.2, -0.15) is 0 Å². The van der Waals surface area contributed by atoms with Crippen LogP contribution in [0.4, 0.5) is 0 Å². The van der Waals surface area contributed by atoms with Crippen molar-refractivity contribution in [3.63, 3.8) is 0 Å². The number of ether oxygens (including phenoxy) is 2. The molecule has 0 aromatic rings. The van der Waals surface area contributed by atoms with Crippen LogP contribution in [-0.4, -0.2) is 37.1 Å². The van der Waals surface area contributed by atoms with Crippen molar-refractivity contribution in [2.45, 2.75) is 58.4 Å². The monoisotopic (exact) mass is 229 g/mol. The zero-order valence-electron chi connectivity index (χ0n) is 11.7. The minimum atomic E-state index is -0.152. The van der Waals surface area contributed by atoms with Crippen LogP contribution in [0.2, 0.25) is 0 Å². The van der Waals surface area contributed by atoms with E-state index in [4.69, 9.17) is 9.47 Å². The Morgan fingerprint density at radius 2 is 1.75 bits per heavy atom. The first kappa shape index (κ1) is 13.9. The molecule has 0 saturated carbocycles. The zero-order valence-corrected chi connectivity index (χ0v) is 11.7. The molecule has 0 bridgehead atoms. The number of likely N-dealkylation sites (tertiary alicyclic amines) is 1. The Morgan fingerprint density at radius 3 is 2.06 bits per heavy atom. The van der Waals surface area contributed by atoms with Crippen LogP contribution in [0.25, 0.3) is 0 Å². The van der Waals surface area contributed by atoms with E-state index in [2.05, 4.69) is 32.6 Å². The topological polar surface area (TPSA) is 21.7 Å². The molecule has 0 amide bonds. The van der Waals surface area contributed by atoms with E-state index in [-0.39, 0.29) is 11.4 Å². The third-order valence-electron chi connectivity index (χ3n) is 4.33. The van der Waals surface area contributed by atoms with Crippen LogP contribution in [0.15, 0.2) is 0 Å². The lowest BCUT2D eigenvalue weighted by molar-refractivity contribution is -0.224. The molecular formula is C13H27NO2. The number of nitrogens with zero attached hydrogens (tertiary/aromatic N) is 1. The van der Waals surface area contributed by atoms with Crippen molar-refractivity contribution in [3.05, 3.63) is 0 Å². The van der Waals surface area contributed by atoms with Crippen molar-refractivity contribution in [2.75, 3.05) is 20.8 Å². The third-order valence-corrected chi connectivity index (χ3v) is 4.33. The second-order valence-corrected chi connectivity index (χ2v) is 4.95. The maximum Gasteiger partial charge on any atom is 0.125 e. The molecule has 0 aromatic heterocycles. The summed E-state index contributed by atoms with van der Waals surface area (Å²) in [6.07, 6.45) is 3.12. The fraction of sp³-hybridized carbons (Fsp3) is 1.00. The first-order chi connectivity index (χ1) is 7.53. The fourth-order valence-electron chi connectivity index (χ4n) is 3.32. The van der Waals surface area contributed by atoms with Gasteiger partial charge in [0.25, 0.3) is 0 Å². The highest BCUT2D eigenvalue weighted by Crippen LogP contribution is 2.47. The number of hydrogen-bond donors (Lipinski definition) is 0. The number of hydrogen-bond acceptors (Lipinski definition) is 3. The Balaban J connectivity index is 3.08. The molecule has 1 heterocycles. The van der Waals surface area contributed by atoms with E-state index < -0.39 is 0 Å². The average molecular weight is 229 g/mol. The van der Waals surface area contributed by atoms with Crippen LogP contribution < -0.4 is 0 Å². The molecule has 0 N–H and O–H groups in total. The summed E-state index contributed by atoms with van der Waals surface area (Å²) < 4.78 is 11.7. The van der Waals surface area contributed by atoms with Gasteiger partial charge in [0.2, 0.25) is 0 Å². The lowest BCUT2D eigenvalue weighted by atomic mass is 9.96. The Kier molecular flexibility index (Phi) is 4.38. The predicted octanol–water partition coefficient (Wildman–Crippen LogP) is 2.85. The molecule has 96 valence electrons. The summed E-state index contributed by atoms with van der Waals surface area (Å²) in [5.74, 6) is 0.473. The SMILES string of the molecule is CCN1C(CC)(OC)CCC1(OC)C(C)C. The Hall–Kier alpha value is -0.120. The van der Waals surface area contributed by atoms with Gasteiger partial charge in [-0.15, -0.1) is 0 Å². The van der Waals surface area contributed by atoms with Gasteiger partial charge in [-0.25, -0.2) is 4.90 Å². The van der Waals surface area contributed by atoms with Gasteiger partial charge in [0.1, 0.15) is 11.4 Å². The maximum atomic E-state index is 5.87. The Labute approximate surface area is 100 Å². The van der Waals surface area contributed by atoms with Crippen LogP contribution in [0.3, 0.4) is 0 Å². The van der Waals surface area contributed by atoms with E-state index in [9.17, 15) is 0 Å². The van der Waals surface area contributed by atoms with Crippen LogP contribution in [0.5, 0.6) is 0 Å². The van der Waals surface area contributed by atoms with E-state index in [1.54, 1.807) is 0 Å². The van der Waals surface area contributed by atoms with E-state index >= 15 is 0 Å². The van der Waals surface area contributed by atoms with Crippen molar-refractivity contribution in [1.29, 1.82) is 0 Å². The molecule has 0 aromatic carbocycles. The van der Waals surface area contributed by atoms with Gasteiger partial charge in [-0.3, -0.25) is 0 Å². The lowest BCUT2D eigenvalue weighted by Gasteiger charge is -2.46. The minimum Gasteiger partial charge on any atom is -0.364 e. The fourth-order valence-corrected chi connectivity index (χ4v) is 3.32. The molecule has 0 spiro atoms. The van der Waals surface area contributed by atoms with Crippen molar-refractivity contribution < 1.29 is 9.47 Å². The highest BCUT2D eigenvalue weighted by Gasteiger charge is 2.55. The molecule has 2 atom stereocenters. The van der Waals surface area contributed by atoms with Crippen molar-refractivity contribution >= 4 is 0 Å². The quantitative estimate of drug-likeness (QED) is 0.723. The number of methoxy groups -OCH3 is 2. The molecule has 2 unspecified atom stereocenters. The molecule has 0 radical (unpaired) electrons. The van der Waals surface area contributed by atoms with Crippen LogP contribution >= 0.6 is 0 Å². The molecule has 1 fully saturated rings. The van der Waals surface area contributed by atoms with Crippen LogP contribution in [-0.2, 0) is 9.47 Å². The second kappa shape index (κ2) is 5.03. The summed E-state index contributed by atoms with van der Waals surface area (Å²) >= 11 is 0. The molecule has 3 nitrogen and oxygen atoms in total. The first-order valence-electron chi connectivity index (χ1n) is 6.41. The van der Waals surface area contributed by atoms with Crippen LogP contribution in [0, 0.1) is 5.92 Å². The van der Waals surface area contributed by atoms with Gasteiger partial charge in [0.15, 0.2) is 0 Å². The van der Waals surface area contributed by atoms with Crippen molar-refractivity contribution in [2.24, 2.45) is 5.92 Å². The lowest BCUT2D eigenvalue weighted by Crippen LogP contribution is -2.58. The van der Waals surface area contributed by atoms with Crippen LogP contribution in [0.1, 0.15) is 47.0 Å². The molecule has 1 aliphatic rings. The van der Waals surface area contributed by atoms with Gasteiger partial charge in [-0.05, 0) is 25.2 Å². The summed E-state index contributed by atoms with van der Waals surface area (Å²) in [6, 6.07) is 0. The normalized spacial score (nSPS) is 36.2. The van der Waals surface area contributed by atoms with Gasteiger partial charge < -0.3 is 9.47 Å². The van der Waals surface area contributed by atoms with E-state index in [0.29, 0.717) is 5.92 Å². The molecule has 0 aliphatic carbocycles. The predicted molar refractivity (Wildman–Crippen MR) is 66.2 cm³/mol. The molecule has 1 saturated heterocycles. The van der Waals surface area contributed by atoms with Gasteiger partial charge in [-0.1, -0.05) is 27.7 Å². The van der Waals surface area contributed by atoms with E-state index in [1.807, 2.05) is 14.2 Å². The molecule has 1 rings (SSSR count). The third kappa shape index (κ3) is 1.79. The highest BCUT2D eigenvalue weighted by molar-refractivity contribution is 5.00. The Bertz CT molecular complexity index is 226. The molecule has 16 heavy (non-hydrogen) atoms. The second-order valence-electron chi connectivity index (χ2n) is 4.95. The van der Waals surface area contributed by atoms with E-state index in [1.165, 1.54) is 0 Å². The summed E-state index contributed by atoms with van der Waals surface area (Å²) in [5, 5.41) is 0. The zero-order chi connectivity index (χ0) is 12.4. The minimum absolute atomic E-state index is 0.130. The summed E-state index contributed by atoms with van der Waals surface area (Å²) in [6.45, 7) is 9.80. The smallest absolute Gasteiger partial charge is 0.125 e. The molecule has 1 aliphatic heterocycles. The molecule has 3 heteroatoms. The Morgan fingerprint density at radius 1 is 1.12 bits per heavy atom. The highest BCUT2D eigenvalue weighted by atomic mass is 16.5. The average Bonchev–Trinajstić information content (AvgIpc) is 2.64. The molecular weight excluding hydrogens is 202 g/mol. The van der Waals surface area contributed by atoms with Gasteiger partial charge in [0.05, 0.1) is 0 Å². The standard InChI is InChI=1S/C13H27NO2/c1-7-12(15-5)9-10-13(16-6,11(3)4)14(12)8-2/h11H,7-10H2,1-6H3. The number of rotatable bonds is 5. The largest absolute Gasteiger partial charge is 0.364 e. The van der Waals surface area contributed by atoms with Crippen molar-refractivity contribution in [1.82, 2.24) is 4.90 Å². The maximum absolute atomic E-state index is 5.87. The summed E-state index contributed by atoms with van der Waals surface area (Å²) in [4.78, 5) is 2.41. The first-order valence-corrected chi connectivity index (χ1v) is 6.41. The van der Waals surface area contributed by atoms with Gasteiger partial charge in [0, 0.05) is 20.8 Å². The van der Waals surface area contributed by atoms with E-state index in [0.717, 1.165) is 25.8 Å².